The van der Waals surface area contributed by atoms with E-state index in [0.717, 1.165) is 15.2 Å². The standard InChI is InChI=1S/C15H19N5O5S/c1-4-20-15(23)11-8-6-5-7-10(11)13(18-20)14(22)17-16-12(21)9-19(2)26(3,24)25/h5-8H,4,9H2,1-3H3,(H,16,21)(H,17,22). The molecule has 0 aliphatic carbocycles. The van der Waals surface area contributed by atoms with Gasteiger partial charge in [-0.15, -0.1) is 0 Å². The van der Waals surface area contributed by atoms with Gasteiger partial charge >= 0.3 is 0 Å². The summed E-state index contributed by atoms with van der Waals surface area (Å²) < 4.78 is 24.6. The van der Waals surface area contributed by atoms with E-state index in [-0.39, 0.29) is 17.8 Å². The van der Waals surface area contributed by atoms with Crippen molar-refractivity contribution in [2.75, 3.05) is 19.8 Å². The number of hydrogen-bond acceptors (Lipinski definition) is 6. The van der Waals surface area contributed by atoms with Gasteiger partial charge in [0, 0.05) is 19.0 Å². The van der Waals surface area contributed by atoms with Crippen molar-refractivity contribution >= 4 is 32.6 Å². The van der Waals surface area contributed by atoms with E-state index < -0.39 is 28.4 Å². The number of sulfonamides is 1. The van der Waals surface area contributed by atoms with Crippen LogP contribution in [0.4, 0.5) is 0 Å². The molecule has 11 heteroatoms. The van der Waals surface area contributed by atoms with Crippen LogP contribution in [-0.4, -0.2) is 54.2 Å². The van der Waals surface area contributed by atoms with Gasteiger partial charge in [0.2, 0.25) is 10.0 Å². The number of amides is 2. The molecule has 2 rings (SSSR count). The van der Waals surface area contributed by atoms with E-state index in [2.05, 4.69) is 16.0 Å². The second kappa shape index (κ2) is 7.62. The molecule has 0 saturated heterocycles. The number of benzene rings is 1. The van der Waals surface area contributed by atoms with Crippen LogP contribution < -0.4 is 16.4 Å². The van der Waals surface area contributed by atoms with Crippen LogP contribution >= 0.6 is 0 Å². The minimum Gasteiger partial charge on any atom is -0.272 e. The second-order valence-electron chi connectivity index (χ2n) is 5.54. The van der Waals surface area contributed by atoms with Crippen LogP contribution in [0.1, 0.15) is 17.4 Å². The summed E-state index contributed by atoms with van der Waals surface area (Å²) in [5.74, 6) is -1.45. The predicted molar refractivity (Wildman–Crippen MR) is 94.8 cm³/mol. The molecule has 0 saturated carbocycles. The molecule has 0 atom stereocenters. The molecular weight excluding hydrogens is 362 g/mol. The molecular formula is C15H19N5O5S. The van der Waals surface area contributed by atoms with E-state index in [1.54, 1.807) is 31.2 Å². The number of fused-ring (bicyclic) bond motifs is 1. The van der Waals surface area contributed by atoms with Crippen LogP contribution in [0.2, 0.25) is 0 Å². The van der Waals surface area contributed by atoms with Crippen LogP contribution in [0.3, 0.4) is 0 Å². The maximum atomic E-state index is 12.4. The number of nitrogens with one attached hydrogen (secondary N) is 2. The fourth-order valence-corrected chi connectivity index (χ4v) is 2.51. The fraction of sp³-hybridized carbons (Fsp3) is 0.333. The van der Waals surface area contributed by atoms with Crippen LogP contribution in [-0.2, 0) is 21.4 Å². The Morgan fingerprint density at radius 3 is 2.38 bits per heavy atom. The minimum absolute atomic E-state index is 0.0289. The highest BCUT2D eigenvalue weighted by Gasteiger charge is 2.18. The molecule has 0 radical (unpaired) electrons. The maximum absolute atomic E-state index is 12.4. The van der Waals surface area contributed by atoms with Crippen molar-refractivity contribution < 1.29 is 18.0 Å². The van der Waals surface area contributed by atoms with Gasteiger partial charge in [-0.3, -0.25) is 25.2 Å². The average Bonchev–Trinajstić information content (AvgIpc) is 2.59. The Balaban J connectivity index is 2.21. The zero-order valence-corrected chi connectivity index (χ0v) is 15.3. The summed E-state index contributed by atoms with van der Waals surface area (Å²) in [4.78, 5) is 36.4. The third kappa shape index (κ3) is 4.24. The molecule has 10 nitrogen and oxygen atoms in total. The molecule has 26 heavy (non-hydrogen) atoms. The first kappa shape index (κ1) is 19.5. The number of carbonyl (C=O) groups is 2. The van der Waals surface area contributed by atoms with Gasteiger partial charge in [0.15, 0.2) is 5.69 Å². The monoisotopic (exact) mass is 381 g/mol. The van der Waals surface area contributed by atoms with E-state index in [1.807, 2.05) is 0 Å². The molecule has 1 aromatic heterocycles. The minimum atomic E-state index is -3.52. The van der Waals surface area contributed by atoms with Crippen molar-refractivity contribution in [2.24, 2.45) is 0 Å². The molecule has 0 aliphatic heterocycles. The normalized spacial score (nSPS) is 11.5. The third-order valence-electron chi connectivity index (χ3n) is 3.63. The summed E-state index contributed by atoms with van der Waals surface area (Å²) in [5.41, 5.74) is 3.96. The molecule has 2 N–H and O–H groups in total. The van der Waals surface area contributed by atoms with Crippen LogP contribution in [0.5, 0.6) is 0 Å². The number of likely N-dealkylation sites (N-methyl/N-ethyl adjacent to an activating group) is 1. The van der Waals surface area contributed by atoms with E-state index >= 15 is 0 Å². The van der Waals surface area contributed by atoms with Crippen molar-refractivity contribution in [2.45, 2.75) is 13.5 Å². The number of rotatable bonds is 5. The number of aryl methyl sites for hydroxylation is 1. The average molecular weight is 381 g/mol. The highest BCUT2D eigenvalue weighted by Crippen LogP contribution is 2.12. The molecule has 0 unspecified atom stereocenters. The summed E-state index contributed by atoms with van der Waals surface area (Å²) in [7, 11) is -2.28. The number of carbonyl (C=O) groups excluding carboxylic acids is 2. The van der Waals surface area contributed by atoms with Gasteiger partial charge in [-0.05, 0) is 13.0 Å². The first-order valence-electron chi connectivity index (χ1n) is 7.65. The highest BCUT2D eigenvalue weighted by atomic mass is 32.2. The zero-order chi connectivity index (χ0) is 19.5. The molecule has 1 aromatic carbocycles. The predicted octanol–water partition coefficient (Wildman–Crippen LogP) is -0.931. The zero-order valence-electron chi connectivity index (χ0n) is 14.5. The molecule has 0 aliphatic rings. The summed E-state index contributed by atoms with van der Waals surface area (Å²) in [6, 6.07) is 6.50. The van der Waals surface area contributed by atoms with Crippen LogP contribution in [0.25, 0.3) is 10.8 Å². The number of hydrazine groups is 1. The summed E-state index contributed by atoms with van der Waals surface area (Å²) in [6.07, 6.45) is 0.961. The molecule has 1 heterocycles. The van der Waals surface area contributed by atoms with Crippen molar-refractivity contribution in [1.82, 2.24) is 24.9 Å². The third-order valence-corrected chi connectivity index (χ3v) is 4.89. The Labute approximate surface area is 149 Å². The number of nitrogens with zero attached hydrogens (tertiary/aromatic N) is 3. The van der Waals surface area contributed by atoms with Crippen molar-refractivity contribution in [3.05, 3.63) is 40.3 Å². The van der Waals surface area contributed by atoms with Gasteiger partial charge in [-0.2, -0.15) is 9.40 Å². The van der Waals surface area contributed by atoms with E-state index in [0.29, 0.717) is 10.8 Å². The van der Waals surface area contributed by atoms with Gasteiger partial charge in [0.05, 0.1) is 18.2 Å². The molecule has 0 spiro atoms. The second-order valence-corrected chi connectivity index (χ2v) is 7.63. The van der Waals surface area contributed by atoms with E-state index in [9.17, 15) is 22.8 Å². The first-order valence-corrected chi connectivity index (χ1v) is 9.50. The topological polar surface area (TPSA) is 130 Å². The summed E-state index contributed by atoms with van der Waals surface area (Å²) in [5, 5.41) is 4.71. The Bertz CT molecular complexity index is 1010. The molecule has 2 amide bonds. The quantitative estimate of drug-likeness (QED) is 0.644. The van der Waals surface area contributed by atoms with Crippen LogP contribution in [0.15, 0.2) is 29.1 Å². The molecule has 2 aromatic rings. The van der Waals surface area contributed by atoms with Gasteiger partial charge in [0.25, 0.3) is 17.4 Å². The van der Waals surface area contributed by atoms with E-state index in [1.165, 1.54) is 7.05 Å². The van der Waals surface area contributed by atoms with Gasteiger partial charge in [0.1, 0.15) is 0 Å². The van der Waals surface area contributed by atoms with Crippen molar-refractivity contribution in [3.8, 4) is 0 Å². The Kier molecular flexibility index (Phi) is 5.73. The fourth-order valence-electron chi connectivity index (χ4n) is 2.16. The Morgan fingerprint density at radius 1 is 1.19 bits per heavy atom. The molecule has 0 fully saturated rings. The Hall–Kier alpha value is -2.79. The molecule has 140 valence electrons. The van der Waals surface area contributed by atoms with Gasteiger partial charge in [-0.1, -0.05) is 18.2 Å². The lowest BCUT2D eigenvalue weighted by atomic mass is 10.1. The summed E-state index contributed by atoms with van der Waals surface area (Å²) in [6.45, 7) is 1.53. The Morgan fingerprint density at radius 2 is 1.81 bits per heavy atom. The lowest BCUT2D eigenvalue weighted by Crippen LogP contribution is -2.47. The van der Waals surface area contributed by atoms with Crippen molar-refractivity contribution in [3.63, 3.8) is 0 Å². The van der Waals surface area contributed by atoms with Crippen molar-refractivity contribution in [1.29, 1.82) is 0 Å². The first-order chi connectivity index (χ1) is 12.1. The SMILES string of the molecule is CCn1nc(C(=O)NNC(=O)CN(C)S(C)(=O)=O)c2ccccc2c1=O. The van der Waals surface area contributed by atoms with Gasteiger partial charge in [-0.25, -0.2) is 13.1 Å². The van der Waals surface area contributed by atoms with E-state index in [4.69, 9.17) is 0 Å². The number of hydrogen-bond donors (Lipinski definition) is 2. The number of aromatic nitrogens is 2. The smallest absolute Gasteiger partial charge is 0.272 e. The lowest BCUT2D eigenvalue weighted by molar-refractivity contribution is -0.121. The summed E-state index contributed by atoms with van der Waals surface area (Å²) >= 11 is 0. The largest absolute Gasteiger partial charge is 0.290 e. The van der Waals surface area contributed by atoms with Gasteiger partial charge < -0.3 is 0 Å². The van der Waals surface area contributed by atoms with Crippen LogP contribution in [0, 0.1) is 0 Å². The maximum Gasteiger partial charge on any atom is 0.290 e. The highest BCUT2D eigenvalue weighted by molar-refractivity contribution is 7.88. The lowest BCUT2D eigenvalue weighted by Gasteiger charge is -2.14. The molecule has 0 bridgehead atoms.